The minimum atomic E-state index is -1.11. The summed E-state index contributed by atoms with van der Waals surface area (Å²) >= 11 is 0. The lowest BCUT2D eigenvalue weighted by Crippen LogP contribution is -2.27. The summed E-state index contributed by atoms with van der Waals surface area (Å²) in [6.07, 6.45) is 7.08. The van der Waals surface area contributed by atoms with Crippen LogP contribution in [0.2, 0.25) is 0 Å². The van der Waals surface area contributed by atoms with Gasteiger partial charge in [-0.05, 0) is 30.5 Å². The molecule has 1 aromatic carbocycles. The molecule has 2 rings (SSSR count). The van der Waals surface area contributed by atoms with Gasteiger partial charge < -0.3 is 5.11 Å². The first-order valence-corrected chi connectivity index (χ1v) is 7.10. The molecule has 1 aliphatic carbocycles. The molecule has 0 unspecified atom stereocenters. The summed E-state index contributed by atoms with van der Waals surface area (Å²) in [5.41, 5.74) is 0.0490. The molecule has 1 fully saturated rings. The fraction of sp³-hybridized carbons (Fsp3) is 0.562. The van der Waals surface area contributed by atoms with E-state index in [-0.39, 0.29) is 5.56 Å². The maximum absolute atomic E-state index is 14.8. The molecule has 104 valence electrons. The van der Waals surface area contributed by atoms with E-state index in [1.165, 1.54) is 6.42 Å². The Hall–Kier alpha value is -1.38. The third-order valence-electron chi connectivity index (χ3n) is 3.97. The second kappa shape index (κ2) is 6.18. The van der Waals surface area contributed by atoms with E-state index in [0.29, 0.717) is 19.3 Å². The van der Waals surface area contributed by atoms with E-state index in [2.05, 4.69) is 0 Å². The van der Waals surface area contributed by atoms with E-state index in [9.17, 15) is 9.18 Å². The molecule has 0 radical (unpaired) electrons. The summed E-state index contributed by atoms with van der Waals surface area (Å²) in [6.45, 7) is 0. The Labute approximate surface area is 113 Å². The molecule has 1 saturated carbocycles. The Bertz CT molecular complexity index is 417. The van der Waals surface area contributed by atoms with Gasteiger partial charge in [0.2, 0.25) is 0 Å². The molecule has 0 bridgehead atoms. The number of carboxylic acid groups (broad SMARTS) is 1. The minimum absolute atomic E-state index is 0.259. The largest absolute Gasteiger partial charge is 0.478 e. The zero-order valence-corrected chi connectivity index (χ0v) is 11.2. The van der Waals surface area contributed by atoms with Crippen molar-refractivity contribution in [2.45, 2.75) is 57.0 Å². The first kappa shape index (κ1) is 14.0. The monoisotopic (exact) mass is 264 g/mol. The van der Waals surface area contributed by atoms with Gasteiger partial charge in [0.15, 0.2) is 0 Å². The normalized spacial score (nSPS) is 19.4. The van der Waals surface area contributed by atoms with Crippen molar-refractivity contribution in [3.8, 4) is 0 Å². The predicted molar refractivity (Wildman–Crippen MR) is 73.3 cm³/mol. The smallest absolute Gasteiger partial charge is 0.335 e. The number of hydrogen-bond acceptors (Lipinski definition) is 1. The van der Waals surface area contributed by atoms with Crippen molar-refractivity contribution < 1.29 is 14.3 Å². The lowest BCUT2D eigenvalue weighted by Gasteiger charge is -2.27. The van der Waals surface area contributed by atoms with Gasteiger partial charge in [-0.1, -0.05) is 44.2 Å². The van der Waals surface area contributed by atoms with Crippen LogP contribution in [0.25, 0.3) is 0 Å². The lowest BCUT2D eigenvalue weighted by atomic mass is 9.84. The first-order valence-electron chi connectivity index (χ1n) is 7.10. The topological polar surface area (TPSA) is 37.3 Å². The third-order valence-corrected chi connectivity index (χ3v) is 3.97. The molecular weight excluding hydrogens is 243 g/mol. The van der Waals surface area contributed by atoms with Crippen molar-refractivity contribution in [2.75, 3.05) is 0 Å². The first-order chi connectivity index (χ1) is 9.09. The Kier molecular flexibility index (Phi) is 4.56. The van der Waals surface area contributed by atoms with Crippen LogP contribution in [0.5, 0.6) is 0 Å². The average Bonchev–Trinajstić information content (AvgIpc) is 2.35. The molecule has 0 saturated heterocycles. The molecule has 2 nitrogen and oxygen atoms in total. The van der Waals surface area contributed by atoms with Gasteiger partial charge >= 0.3 is 5.97 Å². The van der Waals surface area contributed by atoms with Crippen LogP contribution in [-0.2, 0) is 6.42 Å². The van der Waals surface area contributed by atoms with Crippen molar-refractivity contribution >= 4 is 5.97 Å². The van der Waals surface area contributed by atoms with Crippen LogP contribution in [0, 0.1) is 0 Å². The summed E-state index contributed by atoms with van der Waals surface area (Å²) in [7, 11) is 0. The standard InChI is InChI=1S/C16H21FO2/c17-16(10-4-2-1-3-5-11-16)12-13-6-8-14(9-7-13)15(18)19/h6-9H,1-5,10-12H2,(H,18,19). The predicted octanol–water partition coefficient (Wildman–Crippen LogP) is 4.38. The summed E-state index contributed by atoms with van der Waals surface area (Å²) in [5, 5.41) is 8.84. The number of halogens is 1. The fourth-order valence-electron chi connectivity index (χ4n) is 2.85. The van der Waals surface area contributed by atoms with Crippen LogP contribution in [0.3, 0.4) is 0 Å². The molecule has 19 heavy (non-hydrogen) atoms. The van der Waals surface area contributed by atoms with Gasteiger partial charge in [-0.15, -0.1) is 0 Å². The van der Waals surface area contributed by atoms with E-state index in [1.54, 1.807) is 24.3 Å². The zero-order chi connectivity index (χ0) is 13.7. The molecule has 0 aromatic heterocycles. The van der Waals surface area contributed by atoms with Crippen molar-refractivity contribution in [3.05, 3.63) is 35.4 Å². The molecule has 3 heteroatoms. The SMILES string of the molecule is O=C(O)c1ccc(CC2(F)CCCCCCC2)cc1. The number of hydrogen-bond donors (Lipinski definition) is 1. The summed E-state index contributed by atoms with van der Waals surface area (Å²) in [4.78, 5) is 10.8. The molecule has 0 heterocycles. The van der Waals surface area contributed by atoms with Crippen LogP contribution in [0.4, 0.5) is 4.39 Å². The maximum Gasteiger partial charge on any atom is 0.335 e. The highest BCUT2D eigenvalue weighted by molar-refractivity contribution is 5.87. The van der Waals surface area contributed by atoms with Crippen LogP contribution in [-0.4, -0.2) is 16.7 Å². The van der Waals surface area contributed by atoms with E-state index in [4.69, 9.17) is 5.11 Å². The van der Waals surface area contributed by atoms with E-state index in [0.717, 1.165) is 31.2 Å². The van der Waals surface area contributed by atoms with Crippen molar-refractivity contribution in [1.29, 1.82) is 0 Å². The molecule has 0 aliphatic heterocycles. The van der Waals surface area contributed by atoms with Gasteiger partial charge in [0.05, 0.1) is 5.56 Å². The molecule has 0 spiro atoms. The number of carbonyl (C=O) groups is 1. The second-order valence-corrected chi connectivity index (χ2v) is 5.60. The number of carboxylic acids is 1. The number of benzene rings is 1. The lowest BCUT2D eigenvalue weighted by molar-refractivity contribution is 0.0697. The highest BCUT2D eigenvalue weighted by atomic mass is 19.1. The van der Waals surface area contributed by atoms with Crippen LogP contribution < -0.4 is 0 Å². The molecule has 1 aromatic rings. The Morgan fingerprint density at radius 1 is 1.05 bits per heavy atom. The summed E-state index contributed by atoms with van der Waals surface area (Å²) in [5.74, 6) is -0.938. The zero-order valence-electron chi connectivity index (χ0n) is 11.2. The highest BCUT2D eigenvalue weighted by Gasteiger charge is 2.29. The number of rotatable bonds is 3. The molecule has 1 N–H and O–H groups in total. The van der Waals surface area contributed by atoms with E-state index < -0.39 is 11.6 Å². The van der Waals surface area contributed by atoms with Crippen molar-refractivity contribution in [2.24, 2.45) is 0 Å². The summed E-state index contributed by atoms with van der Waals surface area (Å²) < 4.78 is 14.8. The quantitative estimate of drug-likeness (QED) is 0.879. The molecule has 1 aliphatic rings. The van der Waals surface area contributed by atoms with Crippen molar-refractivity contribution in [1.82, 2.24) is 0 Å². The number of alkyl halides is 1. The molecular formula is C16H21FO2. The van der Waals surface area contributed by atoms with Crippen LogP contribution >= 0.6 is 0 Å². The highest BCUT2D eigenvalue weighted by Crippen LogP contribution is 2.33. The Morgan fingerprint density at radius 2 is 1.58 bits per heavy atom. The van der Waals surface area contributed by atoms with Gasteiger partial charge in [-0.2, -0.15) is 0 Å². The van der Waals surface area contributed by atoms with Crippen molar-refractivity contribution in [3.63, 3.8) is 0 Å². The van der Waals surface area contributed by atoms with Gasteiger partial charge in [0.1, 0.15) is 5.67 Å². The fourth-order valence-corrected chi connectivity index (χ4v) is 2.85. The Morgan fingerprint density at radius 3 is 2.11 bits per heavy atom. The summed E-state index contributed by atoms with van der Waals surface area (Å²) in [6, 6.07) is 6.60. The second-order valence-electron chi connectivity index (χ2n) is 5.60. The van der Waals surface area contributed by atoms with Crippen LogP contribution in [0.1, 0.15) is 60.9 Å². The van der Waals surface area contributed by atoms with Gasteiger partial charge in [0, 0.05) is 6.42 Å². The van der Waals surface area contributed by atoms with E-state index in [1.807, 2.05) is 0 Å². The minimum Gasteiger partial charge on any atom is -0.478 e. The maximum atomic E-state index is 14.8. The third kappa shape index (κ3) is 4.05. The van der Waals surface area contributed by atoms with Gasteiger partial charge in [0.25, 0.3) is 0 Å². The number of aromatic carboxylic acids is 1. The molecule has 0 amide bonds. The van der Waals surface area contributed by atoms with Gasteiger partial charge in [-0.3, -0.25) is 0 Å². The van der Waals surface area contributed by atoms with Crippen LogP contribution in [0.15, 0.2) is 24.3 Å². The van der Waals surface area contributed by atoms with Gasteiger partial charge in [-0.25, -0.2) is 9.18 Å². The van der Waals surface area contributed by atoms with E-state index >= 15 is 0 Å². The molecule has 0 atom stereocenters. The Balaban J connectivity index is 2.03. The average molecular weight is 264 g/mol.